The second-order valence-electron chi connectivity index (χ2n) is 3.70. The van der Waals surface area contributed by atoms with Gasteiger partial charge in [-0.1, -0.05) is 26.7 Å². The van der Waals surface area contributed by atoms with Gasteiger partial charge in [-0.3, -0.25) is 0 Å². The Morgan fingerprint density at radius 2 is 2.06 bits per heavy atom. The van der Waals surface area contributed by atoms with Crippen LogP contribution in [0.25, 0.3) is 0 Å². The number of nitrogens with one attached hydrogen (secondary N) is 1. The van der Waals surface area contributed by atoms with Crippen molar-refractivity contribution in [2.24, 2.45) is 5.92 Å². The van der Waals surface area contributed by atoms with Gasteiger partial charge in [0.2, 0.25) is 5.75 Å². The van der Waals surface area contributed by atoms with Gasteiger partial charge in [0, 0.05) is 6.54 Å². The molecule has 0 aromatic carbocycles. The first kappa shape index (κ1) is 12.5. The highest BCUT2D eigenvalue weighted by molar-refractivity contribution is 5.61. The highest BCUT2D eigenvalue weighted by Gasteiger charge is 2.10. The van der Waals surface area contributed by atoms with Crippen molar-refractivity contribution in [2.75, 3.05) is 24.7 Å². The Morgan fingerprint density at radius 3 is 2.62 bits per heavy atom. The summed E-state index contributed by atoms with van der Waals surface area (Å²) >= 11 is 0. The molecule has 0 aliphatic carbocycles. The largest absolute Gasteiger partial charge is 0.490 e. The Morgan fingerprint density at radius 1 is 1.38 bits per heavy atom. The molecule has 1 heterocycles. The van der Waals surface area contributed by atoms with E-state index >= 15 is 0 Å². The summed E-state index contributed by atoms with van der Waals surface area (Å²) in [4.78, 5) is 8.00. The minimum absolute atomic E-state index is 0.365. The molecular formula is C11H20N4O. The van der Waals surface area contributed by atoms with Crippen LogP contribution in [0.4, 0.5) is 11.6 Å². The number of rotatable bonds is 6. The van der Waals surface area contributed by atoms with Crippen LogP contribution in [0.1, 0.15) is 26.7 Å². The molecule has 0 fully saturated rings. The first-order chi connectivity index (χ1) is 7.72. The maximum absolute atomic E-state index is 5.69. The third kappa shape index (κ3) is 2.98. The zero-order valence-corrected chi connectivity index (χ0v) is 10.2. The Labute approximate surface area is 96.4 Å². The van der Waals surface area contributed by atoms with E-state index in [1.807, 2.05) is 0 Å². The molecule has 1 rings (SSSR count). The number of hydrogen-bond donors (Lipinski definition) is 2. The lowest BCUT2D eigenvalue weighted by Crippen LogP contribution is -2.14. The summed E-state index contributed by atoms with van der Waals surface area (Å²) in [5.74, 6) is 2.20. The third-order valence-corrected chi connectivity index (χ3v) is 2.75. The van der Waals surface area contributed by atoms with Gasteiger partial charge in [0.15, 0.2) is 11.6 Å². The van der Waals surface area contributed by atoms with Gasteiger partial charge < -0.3 is 15.8 Å². The minimum atomic E-state index is 0.365. The van der Waals surface area contributed by atoms with Crippen LogP contribution in [0.5, 0.6) is 5.75 Å². The normalized spacial score (nSPS) is 10.5. The Balaban J connectivity index is 2.69. The number of nitrogen functional groups attached to an aromatic ring is 1. The smallest absolute Gasteiger partial charge is 0.203 e. The highest BCUT2D eigenvalue weighted by atomic mass is 16.5. The lowest BCUT2D eigenvalue weighted by molar-refractivity contribution is 0.414. The van der Waals surface area contributed by atoms with Crippen LogP contribution in [0.15, 0.2) is 6.33 Å². The molecule has 0 saturated heterocycles. The molecule has 5 heteroatoms. The van der Waals surface area contributed by atoms with Gasteiger partial charge >= 0.3 is 0 Å². The highest BCUT2D eigenvalue weighted by Crippen LogP contribution is 2.26. The predicted molar refractivity (Wildman–Crippen MR) is 65.6 cm³/mol. The molecule has 16 heavy (non-hydrogen) atoms. The Kier molecular flexibility index (Phi) is 4.82. The first-order valence-corrected chi connectivity index (χ1v) is 5.61. The van der Waals surface area contributed by atoms with Gasteiger partial charge in [0.1, 0.15) is 6.33 Å². The average Bonchev–Trinajstić information content (AvgIpc) is 2.30. The van der Waals surface area contributed by atoms with E-state index in [2.05, 4.69) is 29.1 Å². The van der Waals surface area contributed by atoms with E-state index in [0.29, 0.717) is 23.3 Å². The quantitative estimate of drug-likeness (QED) is 0.772. The molecule has 0 spiro atoms. The number of methoxy groups -OCH3 is 1. The van der Waals surface area contributed by atoms with Crippen LogP contribution in [0, 0.1) is 5.92 Å². The van der Waals surface area contributed by atoms with Crippen LogP contribution in [0.2, 0.25) is 0 Å². The number of aromatic nitrogens is 2. The van der Waals surface area contributed by atoms with Crippen molar-refractivity contribution in [1.29, 1.82) is 0 Å². The van der Waals surface area contributed by atoms with E-state index < -0.39 is 0 Å². The third-order valence-electron chi connectivity index (χ3n) is 2.75. The summed E-state index contributed by atoms with van der Waals surface area (Å²) in [5, 5.41) is 3.25. The van der Waals surface area contributed by atoms with Crippen molar-refractivity contribution in [2.45, 2.75) is 26.7 Å². The molecule has 0 aliphatic rings. The summed E-state index contributed by atoms with van der Waals surface area (Å²) in [5.41, 5.74) is 5.69. The molecule has 1 aromatic rings. The standard InChI is InChI=1S/C11H20N4O/c1-4-8(5-2)6-13-11-9(16-3)10(12)14-7-15-11/h7-8H,4-6H2,1-3H3,(H3,12,13,14,15). The SMILES string of the molecule is CCC(CC)CNc1ncnc(N)c1OC. The molecular weight excluding hydrogens is 204 g/mol. The molecule has 0 radical (unpaired) electrons. The van der Waals surface area contributed by atoms with Gasteiger partial charge in [-0.15, -0.1) is 0 Å². The number of nitrogens with zero attached hydrogens (tertiary/aromatic N) is 2. The van der Waals surface area contributed by atoms with Crippen LogP contribution in [-0.2, 0) is 0 Å². The minimum Gasteiger partial charge on any atom is -0.490 e. The first-order valence-electron chi connectivity index (χ1n) is 5.61. The fourth-order valence-corrected chi connectivity index (χ4v) is 1.53. The monoisotopic (exact) mass is 224 g/mol. The average molecular weight is 224 g/mol. The van der Waals surface area contributed by atoms with Gasteiger partial charge in [-0.25, -0.2) is 9.97 Å². The molecule has 3 N–H and O–H groups in total. The summed E-state index contributed by atoms with van der Waals surface area (Å²) in [6, 6.07) is 0. The van der Waals surface area contributed by atoms with Crippen LogP contribution in [0.3, 0.4) is 0 Å². The van der Waals surface area contributed by atoms with Gasteiger partial charge in [0.25, 0.3) is 0 Å². The van der Waals surface area contributed by atoms with E-state index in [4.69, 9.17) is 10.5 Å². The van der Waals surface area contributed by atoms with E-state index in [1.54, 1.807) is 7.11 Å². The Hall–Kier alpha value is -1.52. The fourth-order valence-electron chi connectivity index (χ4n) is 1.53. The van der Waals surface area contributed by atoms with Gasteiger partial charge in [-0.2, -0.15) is 0 Å². The molecule has 5 nitrogen and oxygen atoms in total. The molecule has 0 aliphatic heterocycles. The van der Waals surface area contributed by atoms with Crippen LogP contribution >= 0.6 is 0 Å². The number of nitrogens with two attached hydrogens (primary N) is 1. The molecule has 0 saturated carbocycles. The second-order valence-corrected chi connectivity index (χ2v) is 3.70. The lowest BCUT2D eigenvalue weighted by Gasteiger charge is -2.15. The van der Waals surface area contributed by atoms with E-state index in [0.717, 1.165) is 19.4 Å². The summed E-state index contributed by atoms with van der Waals surface area (Å²) < 4.78 is 5.16. The summed E-state index contributed by atoms with van der Waals surface area (Å²) in [6.07, 6.45) is 3.73. The molecule has 0 atom stereocenters. The fraction of sp³-hybridized carbons (Fsp3) is 0.636. The van der Waals surface area contributed by atoms with E-state index in [1.165, 1.54) is 6.33 Å². The summed E-state index contributed by atoms with van der Waals surface area (Å²) in [6.45, 7) is 5.24. The zero-order valence-electron chi connectivity index (χ0n) is 10.2. The van der Waals surface area contributed by atoms with Crippen LogP contribution < -0.4 is 15.8 Å². The molecule has 1 aromatic heterocycles. The molecule has 90 valence electrons. The van der Waals surface area contributed by atoms with Crippen molar-refractivity contribution in [1.82, 2.24) is 9.97 Å². The van der Waals surface area contributed by atoms with Gasteiger partial charge in [-0.05, 0) is 5.92 Å². The zero-order chi connectivity index (χ0) is 12.0. The second kappa shape index (κ2) is 6.15. The maximum atomic E-state index is 5.69. The topological polar surface area (TPSA) is 73.1 Å². The van der Waals surface area contributed by atoms with Crippen LogP contribution in [-0.4, -0.2) is 23.6 Å². The molecule has 0 unspecified atom stereocenters. The predicted octanol–water partition coefficient (Wildman–Crippen LogP) is 1.92. The Bertz CT molecular complexity index is 326. The summed E-state index contributed by atoms with van der Waals surface area (Å²) in [7, 11) is 1.57. The van der Waals surface area contributed by atoms with Crippen molar-refractivity contribution in [3.63, 3.8) is 0 Å². The number of anilines is 2. The maximum Gasteiger partial charge on any atom is 0.203 e. The van der Waals surface area contributed by atoms with Crippen molar-refractivity contribution >= 4 is 11.6 Å². The van der Waals surface area contributed by atoms with Crippen molar-refractivity contribution in [3.8, 4) is 5.75 Å². The van der Waals surface area contributed by atoms with E-state index in [9.17, 15) is 0 Å². The molecule has 0 bridgehead atoms. The van der Waals surface area contributed by atoms with E-state index in [-0.39, 0.29) is 0 Å². The molecule has 0 amide bonds. The number of hydrogen-bond acceptors (Lipinski definition) is 5. The lowest BCUT2D eigenvalue weighted by atomic mass is 10.0. The van der Waals surface area contributed by atoms with Crippen molar-refractivity contribution in [3.05, 3.63) is 6.33 Å². The number of ether oxygens (including phenoxy) is 1. The van der Waals surface area contributed by atoms with Gasteiger partial charge in [0.05, 0.1) is 7.11 Å². The van der Waals surface area contributed by atoms with Crippen molar-refractivity contribution < 1.29 is 4.74 Å².